The van der Waals surface area contributed by atoms with Crippen LogP contribution in [0.15, 0.2) is 34.9 Å². The second-order valence-electron chi connectivity index (χ2n) is 6.65. The van der Waals surface area contributed by atoms with Gasteiger partial charge in [-0.1, -0.05) is 30.3 Å². The zero-order valence-electron chi connectivity index (χ0n) is 15.8. The van der Waals surface area contributed by atoms with Crippen molar-refractivity contribution in [1.29, 1.82) is 0 Å². The topological polar surface area (TPSA) is 107 Å². The standard InChI is InChI=1S/C19H22N2O6S/c1-3-16-18(13(2)27-20-16)19(23)26-11-17(22)21(14-7-5-4-6-8-14)15-9-10-28(24,25)12-15/h4-8,15H,3,9-12H2,1-2H3/t15-/m1/s1. The van der Waals surface area contributed by atoms with Crippen LogP contribution in [0.4, 0.5) is 5.69 Å². The first kappa shape index (κ1) is 20.1. The maximum Gasteiger partial charge on any atom is 0.344 e. The summed E-state index contributed by atoms with van der Waals surface area (Å²) >= 11 is 0. The molecule has 0 bridgehead atoms. The maximum atomic E-state index is 12.9. The van der Waals surface area contributed by atoms with Crippen LogP contribution in [-0.2, 0) is 25.8 Å². The Hall–Kier alpha value is -2.68. The molecule has 1 saturated heterocycles. The number of sulfone groups is 1. The average Bonchev–Trinajstić information content (AvgIpc) is 3.22. The zero-order chi connectivity index (χ0) is 20.3. The van der Waals surface area contributed by atoms with Gasteiger partial charge in [0.05, 0.1) is 23.2 Å². The van der Waals surface area contributed by atoms with Gasteiger partial charge in [0.1, 0.15) is 11.3 Å². The van der Waals surface area contributed by atoms with E-state index in [1.165, 1.54) is 4.90 Å². The number of hydrogen-bond acceptors (Lipinski definition) is 7. The molecule has 1 amide bonds. The maximum absolute atomic E-state index is 12.9. The number of carbonyl (C=O) groups excluding carboxylic acids is 2. The molecular formula is C19H22N2O6S. The molecule has 150 valence electrons. The van der Waals surface area contributed by atoms with Crippen LogP contribution in [0.25, 0.3) is 0 Å². The molecule has 2 aromatic rings. The van der Waals surface area contributed by atoms with Crippen LogP contribution in [-0.4, -0.2) is 49.6 Å². The molecule has 0 aliphatic carbocycles. The molecule has 1 fully saturated rings. The highest BCUT2D eigenvalue weighted by molar-refractivity contribution is 7.91. The molecule has 3 rings (SSSR count). The van der Waals surface area contributed by atoms with Crippen LogP contribution < -0.4 is 4.90 Å². The summed E-state index contributed by atoms with van der Waals surface area (Å²) in [6.45, 7) is 2.93. The Morgan fingerprint density at radius 3 is 2.61 bits per heavy atom. The summed E-state index contributed by atoms with van der Waals surface area (Å²) in [5.41, 5.74) is 1.27. The number of rotatable bonds is 6. The number of ether oxygens (including phenoxy) is 1. The van der Waals surface area contributed by atoms with E-state index in [2.05, 4.69) is 5.16 Å². The number of hydrogen-bond donors (Lipinski definition) is 0. The summed E-state index contributed by atoms with van der Waals surface area (Å²) in [4.78, 5) is 26.7. The van der Waals surface area contributed by atoms with Gasteiger partial charge in [0.2, 0.25) is 0 Å². The van der Waals surface area contributed by atoms with Crippen molar-refractivity contribution in [1.82, 2.24) is 5.16 Å². The second-order valence-corrected chi connectivity index (χ2v) is 8.88. The van der Waals surface area contributed by atoms with E-state index in [0.717, 1.165) is 0 Å². The Kier molecular flexibility index (Phi) is 5.83. The molecular weight excluding hydrogens is 384 g/mol. The molecule has 0 spiro atoms. The van der Waals surface area contributed by atoms with Crippen molar-refractivity contribution in [2.45, 2.75) is 32.7 Å². The Morgan fingerprint density at radius 2 is 2.00 bits per heavy atom. The molecule has 0 radical (unpaired) electrons. The molecule has 2 heterocycles. The number of esters is 1. The van der Waals surface area contributed by atoms with Crippen molar-refractivity contribution in [3.63, 3.8) is 0 Å². The minimum Gasteiger partial charge on any atom is -0.452 e. The van der Waals surface area contributed by atoms with Gasteiger partial charge in [-0.05, 0) is 31.9 Å². The van der Waals surface area contributed by atoms with Crippen molar-refractivity contribution in [2.24, 2.45) is 0 Å². The average molecular weight is 406 g/mol. The van der Waals surface area contributed by atoms with Crippen LogP contribution in [0.1, 0.15) is 35.2 Å². The highest BCUT2D eigenvalue weighted by Gasteiger charge is 2.36. The Bertz CT molecular complexity index is 968. The predicted molar refractivity (Wildman–Crippen MR) is 102 cm³/mol. The quantitative estimate of drug-likeness (QED) is 0.675. The van der Waals surface area contributed by atoms with Crippen LogP contribution >= 0.6 is 0 Å². The van der Waals surface area contributed by atoms with E-state index in [4.69, 9.17) is 9.26 Å². The van der Waals surface area contributed by atoms with E-state index in [9.17, 15) is 18.0 Å². The van der Waals surface area contributed by atoms with Gasteiger partial charge >= 0.3 is 5.97 Å². The number of aromatic nitrogens is 1. The molecule has 1 aliphatic heterocycles. The predicted octanol–water partition coefficient (Wildman–Crippen LogP) is 1.92. The third-order valence-electron chi connectivity index (χ3n) is 4.68. The minimum absolute atomic E-state index is 0.0355. The largest absolute Gasteiger partial charge is 0.452 e. The summed E-state index contributed by atoms with van der Waals surface area (Å²) in [6, 6.07) is 8.30. The van der Waals surface area contributed by atoms with Crippen molar-refractivity contribution in [3.05, 3.63) is 47.3 Å². The molecule has 1 atom stereocenters. The van der Waals surface area contributed by atoms with Crippen molar-refractivity contribution in [2.75, 3.05) is 23.0 Å². The Balaban J connectivity index is 1.77. The SMILES string of the molecule is CCc1noc(C)c1C(=O)OCC(=O)N(c1ccccc1)[C@@H]1CCS(=O)(=O)C1. The number of carbonyl (C=O) groups is 2. The highest BCUT2D eigenvalue weighted by Crippen LogP contribution is 2.25. The molecule has 1 aromatic carbocycles. The molecule has 8 nitrogen and oxygen atoms in total. The van der Waals surface area contributed by atoms with Gasteiger partial charge in [-0.25, -0.2) is 13.2 Å². The van der Waals surface area contributed by atoms with Crippen LogP contribution in [0.2, 0.25) is 0 Å². The van der Waals surface area contributed by atoms with Gasteiger partial charge in [-0.3, -0.25) is 4.79 Å². The van der Waals surface area contributed by atoms with Gasteiger partial charge in [0, 0.05) is 5.69 Å². The fraction of sp³-hybridized carbons (Fsp3) is 0.421. The molecule has 0 N–H and O–H groups in total. The summed E-state index contributed by atoms with van der Waals surface area (Å²) in [5, 5.41) is 3.81. The van der Waals surface area contributed by atoms with Crippen molar-refractivity contribution >= 4 is 27.4 Å². The monoisotopic (exact) mass is 406 g/mol. The van der Waals surface area contributed by atoms with Crippen LogP contribution in [0.5, 0.6) is 0 Å². The molecule has 1 aromatic heterocycles. The molecule has 1 aliphatic rings. The second kappa shape index (κ2) is 8.14. The smallest absolute Gasteiger partial charge is 0.344 e. The lowest BCUT2D eigenvalue weighted by atomic mass is 10.1. The van der Waals surface area contributed by atoms with E-state index in [-0.39, 0.29) is 17.1 Å². The van der Waals surface area contributed by atoms with E-state index < -0.39 is 34.4 Å². The number of aryl methyl sites for hydroxylation is 2. The van der Waals surface area contributed by atoms with Gasteiger partial charge in [0.25, 0.3) is 5.91 Å². The molecule has 9 heteroatoms. The number of amides is 1. The Morgan fingerprint density at radius 1 is 1.29 bits per heavy atom. The van der Waals surface area contributed by atoms with E-state index in [1.54, 1.807) is 37.3 Å². The van der Waals surface area contributed by atoms with Gasteiger partial charge in [-0.2, -0.15) is 0 Å². The van der Waals surface area contributed by atoms with Crippen molar-refractivity contribution < 1.29 is 27.3 Å². The molecule has 0 saturated carbocycles. The van der Waals surface area contributed by atoms with Crippen LogP contribution in [0, 0.1) is 6.92 Å². The summed E-state index contributed by atoms with van der Waals surface area (Å²) in [5.74, 6) is -0.902. The highest BCUT2D eigenvalue weighted by atomic mass is 32.2. The summed E-state index contributed by atoms with van der Waals surface area (Å²) < 4.78 is 34.0. The number of anilines is 1. The van der Waals surface area contributed by atoms with Gasteiger partial charge in [0.15, 0.2) is 16.4 Å². The first-order chi connectivity index (χ1) is 13.3. The Labute approximate surface area is 163 Å². The fourth-order valence-corrected chi connectivity index (χ4v) is 5.02. The van der Waals surface area contributed by atoms with Crippen molar-refractivity contribution in [3.8, 4) is 0 Å². The fourth-order valence-electron chi connectivity index (χ4n) is 3.32. The first-order valence-electron chi connectivity index (χ1n) is 9.02. The first-order valence-corrected chi connectivity index (χ1v) is 10.8. The molecule has 28 heavy (non-hydrogen) atoms. The number of para-hydroxylation sites is 1. The normalized spacial score (nSPS) is 18.0. The van der Waals surface area contributed by atoms with E-state index >= 15 is 0 Å². The third kappa shape index (κ3) is 4.24. The summed E-state index contributed by atoms with van der Waals surface area (Å²) in [6.07, 6.45) is 0.841. The van der Waals surface area contributed by atoms with E-state index in [1.807, 2.05) is 6.92 Å². The third-order valence-corrected chi connectivity index (χ3v) is 6.43. The van der Waals surface area contributed by atoms with Gasteiger partial charge < -0.3 is 14.2 Å². The number of benzene rings is 1. The van der Waals surface area contributed by atoms with E-state index in [0.29, 0.717) is 30.0 Å². The lowest BCUT2D eigenvalue weighted by Gasteiger charge is -2.28. The molecule has 0 unspecified atom stereocenters. The summed E-state index contributed by atoms with van der Waals surface area (Å²) in [7, 11) is -3.19. The lowest BCUT2D eigenvalue weighted by molar-refractivity contribution is -0.122. The van der Waals surface area contributed by atoms with Crippen LogP contribution in [0.3, 0.4) is 0 Å². The minimum atomic E-state index is -3.19. The number of nitrogens with zero attached hydrogens (tertiary/aromatic N) is 2. The zero-order valence-corrected chi connectivity index (χ0v) is 16.6. The van der Waals surface area contributed by atoms with Gasteiger partial charge in [-0.15, -0.1) is 0 Å². The lowest BCUT2D eigenvalue weighted by Crippen LogP contribution is -2.43.